The van der Waals surface area contributed by atoms with Gasteiger partial charge in [0.2, 0.25) is 11.8 Å². The minimum atomic E-state index is -0.614. The fourth-order valence-electron chi connectivity index (χ4n) is 3.78. The molecule has 2 aliphatic heterocycles. The number of hydrogen-bond acceptors (Lipinski definition) is 4. The third-order valence-corrected chi connectivity index (χ3v) is 5.15. The summed E-state index contributed by atoms with van der Waals surface area (Å²) in [5.74, 6) is 0.392. The smallest absolute Gasteiger partial charge is 0.276 e. The third-order valence-electron chi connectivity index (χ3n) is 5.15. The quantitative estimate of drug-likeness (QED) is 0.899. The van der Waals surface area contributed by atoms with Gasteiger partial charge in [-0.15, -0.1) is 0 Å². The summed E-state index contributed by atoms with van der Waals surface area (Å²) in [7, 11) is 1.79. The summed E-state index contributed by atoms with van der Waals surface area (Å²) in [6.07, 6.45) is 0.885. The van der Waals surface area contributed by atoms with E-state index in [4.69, 9.17) is 4.74 Å². The minimum Gasteiger partial charge on any atom is -0.478 e. The number of rotatable bonds is 2. The second kappa shape index (κ2) is 5.59. The van der Waals surface area contributed by atoms with Gasteiger partial charge >= 0.3 is 0 Å². The maximum Gasteiger partial charge on any atom is 0.276 e. The van der Waals surface area contributed by atoms with Crippen molar-refractivity contribution in [1.29, 1.82) is 0 Å². The van der Waals surface area contributed by atoms with Crippen LogP contribution in [0, 0.1) is 6.92 Å². The van der Waals surface area contributed by atoms with Gasteiger partial charge in [-0.2, -0.15) is 5.10 Å². The van der Waals surface area contributed by atoms with Crippen LogP contribution in [0.25, 0.3) is 0 Å². The Balaban J connectivity index is 1.65. The highest BCUT2D eigenvalue weighted by atomic mass is 16.5. The maximum absolute atomic E-state index is 12.6. The Bertz CT molecular complexity index is 906. The Morgan fingerprint density at radius 3 is 2.81 bits per heavy atom. The number of amides is 2. The van der Waals surface area contributed by atoms with Gasteiger partial charge in [0.05, 0.1) is 17.7 Å². The number of nitrogens with one attached hydrogen (secondary N) is 1. The molecule has 26 heavy (non-hydrogen) atoms. The number of benzene rings is 1. The van der Waals surface area contributed by atoms with Crippen LogP contribution in [0.3, 0.4) is 0 Å². The third kappa shape index (κ3) is 2.38. The molecule has 0 spiro atoms. The van der Waals surface area contributed by atoms with Gasteiger partial charge in [0, 0.05) is 31.8 Å². The molecule has 1 N–H and O–H groups in total. The van der Waals surface area contributed by atoms with Crippen molar-refractivity contribution in [3.05, 3.63) is 35.0 Å². The average molecular weight is 354 g/mol. The van der Waals surface area contributed by atoms with E-state index in [9.17, 15) is 9.59 Å². The highest BCUT2D eigenvalue weighted by Crippen LogP contribution is 2.44. The fraction of sp³-hybridized carbons (Fsp3) is 0.421. The van der Waals surface area contributed by atoms with Crippen molar-refractivity contribution in [2.75, 3.05) is 23.9 Å². The highest BCUT2D eigenvalue weighted by Gasteiger charge is 2.43. The summed E-state index contributed by atoms with van der Waals surface area (Å²) in [5.41, 5.74) is 3.17. The molecule has 0 aliphatic carbocycles. The molecule has 136 valence electrons. The predicted molar refractivity (Wildman–Crippen MR) is 97.9 cm³/mol. The molecule has 0 atom stereocenters. The standard InChI is InChI=1S/C19H22N4O3/c1-11-8-12(9-13-16(11)22(4)18(25)19(13,2)3)20-17(24)14-10-15-23(21-14)6-5-7-26-15/h8-10H,5-7H2,1-4H3,(H,20,24). The summed E-state index contributed by atoms with van der Waals surface area (Å²) in [6.45, 7) is 7.16. The first-order chi connectivity index (χ1) is 12.3. The molecule has 0 radical (unpaired) electrons. The van der Waals surface area contributed by atoms with Gasteiger partial charge in [-0.3, -0.25) is 9.59 Å². The summed E-state index contributed by atoms with van der Waals surface area (Å²) in [6, 6.07) is 5.43. The van der Waals surface area contributed by atoms with Crippen molar-refractivity contribution in [2.24, 2.45) is 0 Å². The van der Waals surface area contributed by atoms with Gasteiger partial charge in [0.25, 0.3) is 5.91 Å². The number of hydrogen-bond donors (Lipinski definition) is 1. The Morgan fingerprint density at radius 2 is 2.08 bits per heavy atom. The van der Waals surface area contributed by atoms with Crippen molar-refractivity contribution < 1.29 is 14.3 Å². The van der Waals surface area contributed by atoms with Gasteiger partial charge in [-0.1, -0.05) is 0 Å². The molecule has 1 aromatic carbocycles. The molecule has 2 aromatic rings. The van der Waals surface area contributed by atoms with Crippen molar-refractivity contribution in [2.45, 2.75) is 39.2 Å². The van der Waals surface area contributed by atoms with Gasteiger partial charge in [-0.25, -0.2) is 4.68 Å². The molecule has 7 heteroatoms. The average Bonchev–Trinajstić information content (AvgIpc) is 3.10. The number of nitrogens with zero attached hydrogens (tertiary/aromatic N) is 3. The number of carbonyl (C=O) groups is 2. The van der Waals surface area contributed by atoms with Crippen LogP contribution in [0.15, 0.2) is 18.2 Å². The largest absolute Gasteiger partial charge is 0.478 e. The number of likely N-dealkylation sites (N-methyl/N-ethyl adjacent to an activating group) is 1. The van der Waals surface area contributed by atoms with Crippen LogP contribution >= 0.6 is 0 Å². The van der Waals surface area contributed by atoms with E-state index in [1.165, 1.54) is 0 Å². The Hall–Kier alpha value is -2.83. The van der Waals surface area contributed by atoms with Crippen LogP contribution < -0.4 is 15.0 Å². The van der Waals surface area contributed by atoms with Gasteiger partial charge in [0.1, 0.15) is 0 Å². The van der Waals surface area contributed by atoms with Gasteiger partial charge in [0.15, 0.2) is 5.69 Å². The number of carbonyl (C=O) groups excluding carboxylic acids is 2. The van der Waals surface area contributed by atoms with E-state index in [0.29, 0.717) is 23.9 Å². The predicted octanol–water partition coefficient (Wildman–Crippen LogP) is 2.48. The Kier molecular flexibility index (Phi) is 3.57. The van der Waals surface area contributed by atoms with Crippen LogP contribution in [-0.4, -0.2) is 35.2 Å². The minimum absolute atomic E-state index is 0.0537. The molecule has 0 bridgehead atoms. The molecule has 0 saturated heterocycles. The molecule has 2 amide bonds. The first-order valence-corrected chi connectivity index (χ1v) is 8.74. The van der Waals surface area contributed by atoms with E-state index in [0.717, 1.165) is 29.8 Å². The monoisotopic (exact) mass is 354 g/mol. The van der Waals surface area contributed by atoms with E-state index < -0.39 is 5.41 Å². The van der Waals surface area contributed by atoms with E-state index >= 15 is 0 Å². The van der Waals surface area contributed by atoms with Crippen LogP contribution in [0.1, 0.15) is 41.9 Å². The summed E-state index contributed by atoms with van der Waals surface area (Å²) < 4.78 is 7.22. The number of aryl methyl sites for hydroxylation is 2. The van der Waals surface area contributed by atoms with Crippen LogP contribution in [0.4, 0.5) is 11.4 Å². The van der Waals surface area contributed by atoms with Gasteiger partial charge in [-0.05, 0) is 44.0 Å². The Labute approximate surface area is 151 Å². The molecular formula is C19H22N4O3. The van der Waals surface area contributed by atoms with Crippen molar-refractivity contribution in [3.63, 3.8) is 0 Å². The fourth-order valence-corrected chi connectivity index (χ4v) is 3.78. The summed E-state index contributed by atoms with van der Waals surface area (Å²) in [4.78, 5) is 26.8. The topological polar surface area (TPSA) is 76.5 Å². The van der Waals surface area contributed by atoms with Crippen LogP contribution in [-0.2, 0) is 16.8 Å². The molecule has 3 heterocycles. The van der Waals surface area contributed by atoms with Crippen molar-refractivity contribution in [3.8, 4) is 5.88 Å². The lowest BCUT2D eigenvalue weighted by atomic mass is 9.85. The van der Waals surface area contributed by atoms with Crippen molar-refractivity contribution >= 4 is 23.2 Å². The summed E-state index contributed by atoms with van der Waals surface area (Å²) in [5, 5.41) is 7.22. The molecule has 4 rings (SSSR count). The SMILES string of the molecule is Cc1cc(NC(=O)c2cc3n(n2)CCCO3)cc2c1N(C)C(=O)C2(C)C. The highest BCUT2D eigenvalue weighted by molar-refractivity contribution is 6.09. The first kappa shape index (κ1) is 16.6. The number of fused-ring (bicyclic) bond motifs is 2. The lowest BCUT2D eigenvalue weighted by Crippen LogP contribution is -2.33. The zero-order chi connectivity index (χ0) is 18.6. The normalized spacial score (nSPS) is 17.5. The zero-order valence-electron chi connectivity index (χ0n) is 15.4. The molecule has 0 unspecified atom stereocenters. The Morgan fingerprint density at radius 1 is 1.31 bits per heavy atom. The molecule has 7 nitrogen and oxygen atoms in total. The van der Waals surface area contributed by atoms with E-state index in [2.05, 4.69) is 10.4 Å². The van der Waals surface area contributed by atoms with Gasteiger partial charge < -0.3 is 15.0 Å². The molecule has 0 saturated carbocycles. The van der Waals surface area contributed by atoms with Crippen LogP contribution in [0.5, 0.6) is 5.88 Å². The van der Waals surface area contributed by atoms with E-state index in [-0.39, 0.29) is 11.8 Å². The lowest BCUT2D eigenvalue weighted by molar-refractivity contribution is -0.121. The lowest BCUT2D eigenvalue weighted by Gasteiger charge is -2.17. The van der Waals surface area contributed by atoms with Crippen LogP contribution in [0.2, 0.25) is 0 Å². The first-order valence-electron chi connectivity index (χ1n) is 8.74. The van der Waals surface area contributed by atoms with E-state index in [1.54, 1.807) is 22.7 Å². The van der Waals surface area contributed by atoms with Crippen molar-refractivity contribution in [1.82, 2.24) is 9.78 Å². The molecule has 1 aromatic heterocycles. The number of ether oxygens (including phenoxy) is 1. The summed E-state index contributed by atoms with van der Waals surface area (Å²) >= 11 is 0. The molecule has 0 fully saturated rings. The molecular weight excluding hydrogens is 332 g/mol. The second-order valence-corrected chi connectivity index (χ2v) is 7.43. The number of anilines is 2. The maximum atomic E-state index is 12.6. The van der Waals surface area contributed by atoms with E-state index in [1.807, 2.05) is 32.9 Å². The number of aromatic nitrogens is 2. The zero-order valence-corrected chi connectivity index (χ0v) is 15.4. The molecule has 2 aliphatic rings. The second-order valence-electron chi connectivity index (χ2n) is 7.43.